The molecule has 0 bridgehead atoms. The monoisotopic (exact) mass is 322 g/mol. The molecule has 0 fully saturated rings. The van der Waals surface area contributed by atoms with Crippen molar-refractivity contribution in [3.8, 4) is 22.4 Å². The number of benzene rings is 1. The fraction of sp³-hybridized carbons (Fsp3) is 0.143. The standard InChI is InChI=1S/C14H12Cl2N4O/c1-7-10(6-20(2)18-7)13-12(14(17)21-19-13)9-4-3-8(15)5-11(9)16/h3-6H,17H2,1-2H3. The maximum atomic E-state index is 6.27. The molecular weight excluding hydrogens is 311 g/mol. The lowest BCUT2D eigenvalue weighted by Gasteiger charge is -2.05. The topological polar surface area (TPSA) is 69.9 Å². The molecule has 0 atom stereocenters. The summed E-state index contributed by atoms with van der Waals surface area (Å²) in [5, 5.41) is 9.40. The molecule has 0 radical (unpaired) electrons. The summed E-state index contributed by atoms with van der Waals surface area (Å²) in [6.45, 7) is 1.90. The van der Waals surface area contributed by atoms with Gasteiger partial charge in [-0.25, -0.2) is 0 Å². The molecule has 0 spiro atoms. The van der Waals surface area contributed by atoms with Gasteiger partial charge >= 0.3 is 0 Å². The Morgan fingerprint density at radius 2 is 2.00 bits per heavy atom. The Morgan fingerprint density at radius 1 is 1.24 bits per heavy atom. The average molecular weight is 323 g/mol. The van der Waals surface area contributed by atoms with Crippen molar-refractivity contribution in [2.75, 3.05) is 5.73 Å². The normalized spacial score (nSPS) is 11.0. The Labute approximate surface area is 131 Å². The van der Waals surface area contributed by atoms with Crippen LogP contribution < -0.4 is 5.73 Å². The number of anilines is 1. The van der Waals surface area contributed by atoms with E-state index in [1.54, 1.807) is 22.9 Å². The number of nitrogens with zero attached hydrogens (tertiary/aromatic N) is 3. The zero-order valence-electron chi connectivity index (χ0n) is 11.4. The van der Waals surface area contributed by atoms with Crippen LogP contribution in [0.1, 0.15) is 5.69 Å². The second kappa shape index (κ2) is 5.09. The first kappa shape index (κ1) is 14.0. The number of aryl methyl sites for hydroxylation is 2. The molecule has 1 aromatic carbocycles. The number of rotatable bonds is 2. The lowest BCUT2D eigenvalue weighted by Crippen LogP contribution is -1.89. The van der Waals surface area contributed by atoms with E-state index < -0.39 is 0 Å². The van der Waals surface area contributed by atoms with Crippen molar-refractivity contribution < 1.29 is 4.52 Å². The van der Waals surface area contributed by atoms with E-state index in [9.17, 15) is 0 Å². The zero-order valence-corrected chi connectivity index (χ0v) is 12.9. The highest BCUT2D eigenvalue weighted by atomic mass is 35.5. The molecule has 0 amide bonds. The van der Waals surface area contributed by atoms with E-state index in [0.717, 1.165) is 16.8 Å². The molecule has 7 heteroatoms. The maximum absolute atomic E-state index is 6.27. The Kier molecular flexibility index (Phi) is 3.39. The predicted octanol–water partition coefficient (Wildman–Crippen LogP) is 3.94. The van der Waals surface area contributed by atoms with E-state index in [0.29, 0.717) is 21.3 Å². The van der Waals surface area contributed by atoms with Crippen molar-refractivity contribution in [1.29, 1.82) is 0 Å². The summed E-state index contributed by atoms with van der Waals surface area (Å²) in [6, 6.07) is 5.20. The van der Waals surface area contributed by atoms with E-state index >= 15 is 0 Å². The smallest absolute Gasteiger partial charge is 0.230 e. The Hall–Kier alpha value is -1.98. The summed E-state index contributed by atoms with van der Waals surface area (Å²) in [5.41, 5.74) is 9.58. The van der Waals surface area contributed by atoms with E-state index in [4.69, 9.17) is 33.5 Å². The molecule has 3 aromatic rings. The van der Waals surface area contributed by atoms with Crippen LogP contribution in [0.15, 0.2) is 28.9 Å². The summed E-state index contributed by atoms with van der Waals surface area (Å²) in [7, 11) is 1.84. The Bertz CT molecular complexity index is 822. The minimum atomic E-state index is 0.206. The van der Waals surface area contributed by atoms with Crippen LogP contribution >= 0.6 is 23.2 Å². The van der Waals surface area contributed by atoms with Crippen LogP contribution in [0.25, 0.3) is 22.4 Å². The van der Waals surface area contributed by atoms with Crippen molar-refractivity contribution in [2.45, 2.75) is 6.92 Å². The molecular formula is C14H12Cl2N4O. The predicted molar refractivity (Wildman–Crippen MR) is 83.3 cm³/mol. The molecule has 2 heterocycles. The maximum Gasteiger partial charge on any atom is 0.230 e. The van der Waals surface area contributed by atoms with Gasteiger partial charge in [0.2, 0.25) is 5.88 Å². The number of nitrogens with two attached hydrogens (primary N) is 1. The van der Waals surface area contributed by atoms with E-state index in [1.807, 2.05) is 20.2 Å². The minimum Gasteiger partial charge on any atom is -0.367 e. The van der Waals surface area contributed by atoms with Gasteiger partial charge in [-0.05, 0) is 19.1 Å². The summed E-state index contributed by atoms with van der Waals surface area (Å²) < 4.78 is 6.86. The molecule has 0 aliphatic heterocycles. The molecule has 108 valence electrons. The van der Waals surface area contributed by atoms with Crippen LogP contribution in [-0.2, 0) is 7.05 Å². The summed E-state index contributed by atoms with van der Waals surface area (Å²) in [4.78, 5) is 0. The van der Waals surface area contributed by atoms with Gasteiger partial charge in [0, 0.05) is 29.4 Å². The van der Waals surface area contributed by atoms with Crippen LogP contribution in [0.4, 0.5) is 5.88 Å². The third-order valence-corrected chi connectivity index (χ3v) is 3.74. The number of aromatic nitrogens is 3. The lowest BCUT2D eigenvalue weighted by atomic mass is 10.0. The molecule has 5 nitrogen and oxygen atoms in total. The summed E-state index contributed by atoms with van der Waals surface area (Å²) in [6.07, 6.45) is 1.86. The van der Waals surface area contributed by atoms with Gasteiger partial charge < -0.3 is 10.3 Å². The SMILES string of the molecule is Cc1nn(C)cc1-c1noc(N)c1-c1ccc(Cl)cc1Cl. The fourth-order valence-electron chi connectivity index (χ4n) is 2.27. The van der Waals surface area contributed by atoms with Crippen LogP contribution in [-0.4, -0.2) is 14.9 Å². The summed E-state index contributed by atoms with van der Waals surface area (Å²) in [5.74, 6) is 0.206. The average Bonchev–Trinajstić information content (AvgIpc) is 2.93. The van der Waals surface area contributed by atoms with Crippen molar-refractivity contribution in [3.63, 3.8) is 0 Å². The van der Waals surface area contributed by atoms with Crippen LogP contribution in [0.2, 0.25) is 10.0 Å². The van der Waals surface area contributed by atoms with Gasteiger partial charge in [0.25, 0.3) is 0 Å². The molecule has 2 aromatic heterocycles. The molecule has 0 aliphatic carbocycles. The van der Waals surface area contributed by atoms with Crippen molar-refractivity contribution in [1.82, 2.24) is 14.9 Å². The first-order chi connectivity index (χ1) is 9.97. The van der Waals surface area contributed by atoms with E-state index in [-0.39, 0.29) is 5.88 Å². The second-order valence-corrected chi connectivity index (χ2v) is 5.54. The molecule has 21 heavy (non-hydrogen) atoms. The fourth-order valence-corrected chi connectivity index (χ4v) is 2.77. The highest BCUT2D eigenvalue weighted by molar-refractivity contribution is 6.36. The molecule has 0 saturated carbocycles. The highest BCUT2D eigenvalue weighted by Crippen LogP contribution is 2.40. The largest absolute Gasteiger partial charge is 0.367 e. The van der Waals surface area contributed by atoms with Gasteiger partial charge in [-0.15, -0.1) is 0 Å². The van der Waals surface area contributed by atoms with Crippen LogP contribution in [0, 0.1) is 6.92 Å². The molecule has 3 rings (SSSR count). The van der Waals surface area contributed by atoms with Crippen molar-refractivity contribution in [3.05, 3.63) is 40.1 Å². The van der Waals surface area contributed by atoms with Crippen molar-refractivity contribution in [2.24, 2.45) is 7.05 Å². The number of hydrogen-bond donors (Lipinski definition) is 1. The molecule has 0 unspecified atom stereocenters. The number of halogens is 2. The van der Waals surface area contributed by atoms with Gasteiger partial charge in [0.15, 0.2) is 0 Å². The third-order valence-electron chi connectivity index (χ3n) is 3.19. The number of nitrogen functional groups attached to an aromatic ring is 1. The summed E-state index contributed by atoms with van der Waals surface area (Å²) >= 11 is 12.2. The molecule has 0 aliphatic rings. The first-order valence-corrected chi connectivity index (χ1v) is 6.94. The van der Waals surface area contributed by atoms with Crippen molar-refractivity contribution >= 4 is 29.1 Å². The molecule has 2 N–H and O–H groups in total. The Morgan fingerprint density at radius 3 is 2.62 bits per heavy atom. The van der Waals surface area contributed by atoms with Gasteiger partial charge in [-0.1, -0.05) is 34.4 Å². The third kappa shape index (κ3) is 2.39. The zero-order chi connectivity index (χ0) is 15.1. The van der Waals surface area contributed by atoms with Gasteiger partial charge in [0.1, 0.15) is 5.69 Å². The van der Waals surface area contributed by atoms with E-state index in [2.05, 4.69) is 10.3 Å². The molecule has 0 saturated heterocycles. The van der Waals surface area contributed by atoms with Gasteiger partial charge in [-0.2, -0.15) is 5.10 Å². The van der Waals surface area contributed by atoms with Gasteiger partial charge in [0.05, 0.1) is 16.3 Å². The van der Waals surface area contributed by atoms with Gasteiger partial charge in [-0.3, -0.25) is 4.68 Å². The van der Waals surface area contributed by atoms with Crippen LogP contribution in [0.3, 0.4) is 0 Å². The Balaban J connectivity index is 2.24. The second-order valence-electron chi connectivity index (χ2n) is 4.70. The quantitative estimate of drug-likeness (QED) is 0.775. The minimum absolute atomic E-state index is 0.206. The van der Waals surface area contributed by atoms with E-state index in [1.165, 1.54) is 0 Å². The highest BCUT2D eigenvalue weighted by Gasteiger charge is 2.22. The number of hydrogen-bond acceptors (Lipinski definition) is 4. The lowest BCUT2D eigenvalue weighted by molar-refractivity contribution is 0.439. The first-order valence-electron chi connectivity index (χ1n) is 6.18. The van der Waals surface area contributed by atoms with Crippen LogP contribution in [0.5, 0.6) is 0 Å².